The smallest absolute Gasteiger partial charge is 0.251 e. The fourth-order valence-electron chi connectivity index (χ4n) is 3.24. The van der Waals surface area contributed by atoms with Crippen LogP contribution in [0.5, 0.6) is 5.75 Å². The molecule has 6 nitrogen and oxygen atoms in total. The van der Waals surface area contributed by atoms with Crippen LogP contribution in [-0.4, -0.2) is 31.5 Å². The maximum Gasteiger partial charge on any atom is 0.251 e. The van der Waals surface area contributed by atoms with E-state index in [1.54, 1.807) is 26.4 Å². The molecule has 0 spiro atoms. The minimum atomic E-state index is -2.38. The third kappa shape index (κ3) is 7.17. The molecule has 26 heavy (non-hydrogen) atoms. The van der Waals surface area contributed by atoms with Gasteiger partial charge in [-0.25, -0.2) is 5.48 Å². The number of hydroxylamine groups is 1. The van der Waals surface area contributed by atoms with Gasteiger partial charge in [-0.3, -0.25) is 10.0 Å². The molecular formula is C19H29NO5S. The van der Waals surface area contributed by atoms with E-state index in [1.165, 1.54) is 0 Å². The summed E-state index contributed by atoms with van der Waals surface area (Å²) in [5.41, 5.74) is 1.57. The number of methoxy groups -OCH3 is 1. The number of nitrogens with one attached hydrogen (secondary N) is 1. The number of benzene rings is 1. The van der Waals surface area contributed by atoms with E-state index in [2.05, 4.69) is 0 Å². The summed E-state index contributed by atoms with van der Waals surface area (Å²) in [4.78, 5) is 11.8. The first kappa shape index (κ1) is 22.2. The van der Waals surface area contributed by atoms with Crippen molar-refractivity contribution >= 4 is 21.1 Å². The Morgan fingerprint density at radius 1 is 1.23 bits per heavy atom. The van der Waals surface area contributed by atoms with Crippen LogP contribution in [0.3, 0.4) is 0 Å². The summed E-state index contributed by atoms with van der Waals surface area (Å²) in [6, 6.07) is 9.68. The Labute approximate surface area is 157 Å². The molecule has 1 aliphatic rings. The number of carbonyl (C=O) groups excluding carboxylic acids is 1. The summed E-state index contributed by atoms with van der Waals surface area (Å²) in [5.74, 6) is -0.305. The zero-order chi connectivity index (χ0) is 19.5. The Hall–Kier alpha value is -1.86. The molecule has 1 aromatic carbocycles. The topological polar surface area (TPSA) is 92.7 Å². The van der Waals surface area contributed by atoms with Gasteiger partial charge in [0, 0.05) is 0 Å². The molecule has 1 fully saturated rings. The van der Waals surface area contributed by atoms with E-state index in [9.17, 15) is 13.2 Å². The van der Waals surface area contributed by atoms with Crippen molar-refractivity contribution in [1.29, 1.82) is 0 Å². The van der Waals surface area contributed by atoms with Crippen LogP contribution >= 0.6 is 0 Å². The fourth-order valence-corrected chi connectivity index (χ4v) is 4.20. The van der Waals surface area contributed by atoms with Crippen LogP contribution in [0, 0.1) is 17.8 Å². The van der Waals surface area contributed by atoms with Gasteiger partial charge in [-0.1, -0.05) is 57.7 Å². The average molecular weight is 384 g/mol. The number of hydrogen-bond acceptors (Lipinski definition) is 5. The predicted octanol–water partition coefficient (Wildman–Crippen LogP) is 3.09. The van der Waals surface area contributed by atoms with Gasteiger partial charge in [-0.15, -0.1) is 0 Å². The SMILES string of the molecule is CC(C)C(C(=O)NO)C(CC1CCCC1)=S(=O)=O.COc1ccccc1. The third-order valence-corrected chi connectivity index (χ3v) is 5.41. The second-order valence-electron chi connectivity index (χ2n) is 6.77. The molecule has 0 radical (unpaired) electrons. The largest absolute Gasteiger partial charge is 0.497 e. The van der Waals surface area contributed by atoms with Crippen LogP contribution < -0.4 is 10.2 Å². The highest BCUT2D eigenvalue weighted by Crippen LogP contribution is 2.30. The molecule has 1 amide bonds. The van der Waals surface area contributed by atoms with Crippen LogP contribution in [0.15, 0.2) is 30.3 Å². The molecule has 2 N–H and O–H groups in total. The standard InChI is InChI=1S/C12H21NO4S.C7H8O/c1-8(2)11(12(14)13-15)10(18(16)17)7-9-5-3-4-6-9;1-8-7-5-3-2-4-6-7/h8-9,11,15H,3-7H2,1-2H3,(H,13,14);2-6H,1H3. The second kappa shape index (κ2) is 11.7. The fraction of sp³-hybridized carbons (Fsp3) is 0.579. The van der Waals surface area contributed by atoms with Gasteiger partial charge >= 0.3 is 0 Å². The number of amides is 1. The van der Waals surface area contributed by atoms with E-state index < -0.39 is 22.1 Å². The van der Waals surface area contributed by atoms with Crippen molar-refractivity contribution < 1.29 is 23.2 Å². The van der Waals surface area contributed by atoms with Crippen molar-refractivity contribution in [2.45, 2.75) is 46.0 Å². The lowest BCUT2D eigenvalue weighted by Gasteiger charge is -2.21. The first-order valence-electron chi connectivity index (χ1n) is 8.88. The normalized spacial score (nSPS) is 15.0. The van der Waals surface area contributed by atoms with E-state index in [0.29, 0.717) is 12.3 Å². The minimum Gasteiger partial charge on any atom is -0.497 e. The molecule has 0 saturated heterocycles. The van der Waals surface area contributed by atoms with E-state index in [-0.39, 0.29) is 10.8 Å². The molecule has 1 saturated carbocycles. The van der Waals surface area contributed by atoms with Gasteiger partial charge in [0.25, 0.3) is 5.91 Å². The quantitative estimate of drug-likeness (QED) is 0.447. The summed E-state index contributed by atoms with van der Waals surface area (Å²) < 4.78 is 27.6. The number of hydrogen-bond donors (Lipinski definition) is 2. The van der Waals surface area contributed by atoms with Crippen LogP contribution in [-0.2, 0) is 15.1 Å². The minimum absolute atomic E-state index is 0.161. The van der Waals surface area contributed by atoms with E-state index in [1.807, 2.05) is 30.3 Å². The molecule has 1 aliphatic carbocycles. The van der Waals surface area contributed by atoms with Crippen LogP contribution in [0.4, 0.5) is 0 Å². The summed E-state index contributed by atoms with van der Waals surface area (Å²) in [7, 11) is -0.715. The summed E-state index contributed by atoms with van der Waals surface area (Å²) in [6.07, 6.45) is 4.73. The van der Waals surface area contributed by atoms with Crippen molar-refractivity contribution in [2.75, 3.05) is 7.11 Å². The van der Waals surface area contributed by atoms with E-state index >= 15 is 0 Å². The first-order valence-corrected chi connectivity index (χ1v) is 9.96. The molecular weight excluding hydrogens is 354 g/mol. The number of carbonyl (C=O) groups is 1. The Balaban J connectivity index is 0.000000350. The zero-order valence-electron chi connectivity index (χ0n) is 15.6. The molecule has 1 aromatic rings. The Morgan fingerprint density at radius 2 is 1.81 bits per heavy atom. The summed E-state index contributed by atoms with van der Waals surface area (Å²) in [6.45, 7) is 3.56. The van der Waals surface area contributed by atoms with Gasteiger partial charge in [0.05, 0.1) is 17.9 Å². The van der Waals surface area contributed by atoms with Crippen LogP contribution in [0.1, 0.15) is 46.0 Å². The zero-order valence-corrected chi connectivity index (χ0v) is 16.5. The van der Waals surface area contributed by atoms with Gasteiger partial charge in [0.2, 0.25) is 10.3 Å². The van der Waals surface area contributed by atoms with Crippen molar-refractivity contribution in [3.63, 3.8) is 0 Å². The maximum atomic E-state index is 11.6. The molecule has 0 heterocycles. The Bertz CT molecular complexity index is 671. The van der Waals surface area contributed by atoms with Crippen molar-refractivity contribution in [2.24, 2.45) is 17.8 Å². The summed E-state index contributed by atoms with van der Waals surface area (Å²) >= 11 is 0. The molecule has 146 valence electrons. The van der Waals surface area contributed by atoms with Crippen LogP contribution in [0.25, 0.3) is 0 Å². The van der Waals surface area contributed by atoms with Gasteiger partial charge < -0.3 is 4.74 Å². The van der Waals surface area contributed by atoms with Crippen molar-refractivity contribution in [3.8, 4) is 5.75 Å². The highest BCUT2D eigenvalue weighted by Gasteiger charge is 2.31. The van der Waals surface area contributed by atoms with Gasteiger partial charge in [-0.05, 0) is 30.4 Å². The van der Waals surface area contributed by atoms with Crippen LogP contribution in [0.2, 0.25) is 0 Å². The number of para-hydroxylation sites is 1. The molecule has 0 aromatic heterocycles. The van der Waals surface area contributed by atoms with E-state index in [4.69, 9.17) is 9.94 Å². The number of ether oxygens (including phenoxy) is 1. The van der Waals surface area contributed by atoms with Gasteiger partial charge in [-0.2, -0.15) is 8.42 Å². The number of rotatable bonds is 6. The second-order valence-corrected chi connectivity index (χ2v) is 7.76. The summed E-state index contributed by atoms with van der Waals surface area (Å²) in [5, 5.41) is 8.73. The average Bonchev–Trinajstić information content (AvgIpc) is 3.15. The van der Waals surface area contributed by atoms with Crippen molar-refractivity contribution in [1.82, 2.24) is 5.48 Å². The first-order chi connectivity index (χ1) is 12.4. The third-order valence-electron chi connectivity index (χ3n) is 4.56. The van der Waals surface area contributed by atoms with Crippen molar-refractivity contribution in [3.05, 3.63) is 30.3 Å². The predicted molar refractivity (Wildman–Crippen MR) is 102 cm³/mol. The van der Waals surface area contributed by atoms with Gasteiger partial charge in [0.15, 0.2) is 0 Å². The molecule has 0 aliphatic heterocycles. The monoisotopic (exact) mass is 383 g/mol. The highest BCUT2D eigenvalue weighted by molar-refractivity contribution is 7.73. The molecule has 0 bridgehead atoms. The lowest BCUT2D eigenvalue weighted by atomic mass is 9.86. The molecule has 7 heteroatoms. The Kier molecular flexibility index (Phi) is 9.98. The maximum absolute atomic E-state index is 11.6. The van der Waals surface area contributed by atoms with Gasteiger partial charge in [0.1, 0.15) is 5.75 Å². The van der Waals surface area contributed by atoms with E-state index in [0.717, 1.165) is 31.4 Å². The lowest BCUT2D eigenvalue weighted by Crippen LogP contribution is -2.38. The molecule has 1 unspecified atom stereocenters. The molecule has 1 atom stereocenters. The lowest BCUT2D eigenvalue weighted by molar-refractivity contribution is -0.132. The highest BCUT2D eigenvalue weighted by atomic mass is 32.2. The molecule has 2 rings (SSSR count). The Morgan fingerprint density at radius 3 is 2.19 bits per heavy atom.